The maximum Gasteiger partial charge on any atom is 0.269 e. The van der Waals surface area contributed by atoms with Gasteiger partial charge >= 0.3 is 0 Å². The number of hydrogen-bond donors (Lipinski definition) is 0. The summed E-state index contributed by atoms with van der Waals surface area (Å²) in [7, 11) is 3.22. The van der Waals surface area contributed by atoms with E-state index in [1.165, 1.54) is 30.0 Å². The van der Waals surface area contributed by atoms with Gasteiger partial charge in [-0.15, -0.1) is 10.2 Å². The van der Waals surface area contributed by atoms with Crippen molar-refractivity contribution in [2.45, 2.75) is 18.1 Å². The topological polar surface area (TPSA) is 133 Å². The first-order valence-corrected chi connectivity index (χ1v) is 15.1. The zero-order valence-electron chi connectivity index (χ0n) is 25.0. The Morgan fingerprint density at radius 3 is 2.40 bits per heavy atom. The van der Waals surface area contributed by atoms with Crippen LogP contribution < -0.4 is 9.47 Å². The molecule has 2 amide bonds. The van der Waals surface area contributed by atoms with Crippen molar-refractivity contribution >= 4 is 35.3 Å². The summed E-state index contributed by atoms with van der Waals surface area (Å²) in [6, 6.07) is 20.9. The Labute approximate surface area is 264 Å². The lowest BCUT2D eigenvalue weighted by molar-refractivity contribution is -0.384. The van der Waals surface area contributed by atoms with Crippen LogP contribution in [0.4, 0.5) is 5.69 Å². The summed E-state index contributed by atoms with van der Waals surface area (Å²) >= 11 is 1.30. The predicted molar refractivity (Wildman–Crippen MR) is 171 cm³/mol. The summed E-state index contributed by atoms with van der Waals surface area (Å²) in [5.74, 6) is 1.92. The van der Waals surface area contributed by atoms with E-state index in [1.807, 2.05) is 60.0 Å². The van der Waals surface area contributed by atoms with Gasteiger partial charge in [0.2, 0.25) is 11.8 Å². The minimum atomic E-state index is -0.467. The van der Waals surface area contributed by atoms with E-state index in [-0.39, 0.29) is 29.3 Å². The van der Waals surface area contributed by atoms with Crippen LogP contribution in [0.5, 0.6) is 11.5 Å². The second-order valence-electron chi connectivity index (χ2n) is 10.3. The molecule has 3 aromatic carbocycles. The lowest BCUT2D eigenvalue weighted by Crippen LogP contribution is -2.55. The maximum absolute atomic E-state index is 13.3. The number of non-ortho nitro benzene ring substituents is 1. The molecule has 13 heteroatoms. The summed E-state index contributed by atoms with van der Waals surface area (Å²) in [6.45, 7) is 3.10. The van der Waals surface area contributed by atoms with Crippen molar-refractivity contribution in [3.8, 4) is 28.6 Å². The molecule has 12 nitrogen and oxygen atoms in total. The number of benzene rings is 3. The van der Waals surface area contributed by atoms with E-state index in [4.69, 9.17) is 9.47 Å². The highest BCUT2D eigenvalue weighted by molar-refractivity contribution is 7.99. The normalized spacial score (nSPS) is 14.9. The van der Waals surface area contributed by atoms with Crippen LogP contribution in [0.25, 0.3) is 23.2 Å². The van der Waals surface area contributed by atoms with Crippen LogP contribution in [0.15, 0.2) is 84.0 Å². The van der Waals surface area contributed by atoms with Crippen LogP contribution >= 0.6 is 11.8 Å². The number of piperazine rings is 1. The number of carbonyl (C=O) groups is 2. The number of nitro groups is 1. The Hall–Kier alpha value is -5.17. The minimum Gasteiger partial charge on any atom is -0.497 e. The zero-order chi connectivity index (χ0) is 31.9. The van der Waals surface area contributed by atoms with Crippen LogP contribution in [-0.4, -0.2) is 87.0 Å². The Balaban J connectivity index is 1.24. The van der Waals surface area contributed by atoms with E-state index in [9.17, 15) is 19.7 Å². The Bertz CT molecular complexity index is 1710. The quantitative estimate of drug-likeness (QED) is 0.106. The summed E-state index contributed by atoms with van der Waals surface area (Å²) in [6.07, 6.45) is 3.09. The lowest BCUT2D eigenvalue weighted by Gasteiger charge is -2.39. The summed E-state index contributed by atoms with van der Waals surface area (Å²) in [4.78, 5) is 40.1. The summed E-state index contributed by atoms with van der Waals surface area (Å²) in [5.41, 5.74) is 2.30. The van der Waals surface area contributed by atoms with Crippen molar-refractivity contribution in [2.75, 3.05) is 39.6 Å². The summed E-state index contributed by atoms with van der Waals surface area (Å²) in [5, 5.41) is 20.3. The van der Waals surface area contributed by atoms with Crippen molar-refractivity contribution in [3.05, 3.63) is 94.6 Å². The van der Waals surface area contributed by atoms with Crippen LogP contribution in [0.1, 0.15) is 12.5 Å². The minimum absolute atomic E-state index is 0.00989. The van der Waals surface area contributed by atoms with Crippen LogP contribution in [0.2, 0.25) is 0 Å². The van der Waals surface area contributed by atoms with E-state index in [0.29, 0.717) is 47.7 Å². The van der Waals surface area contributed by atoms with Gasteiger partial charge in [0.1, 0.15) is 11.5 Å². The molecule has 1 atom stereocenters. The van der Waals surface area contributed by atoms with Gasteiger partial charge in [-0.2, -0.15) is 0 Å². The van der Waals surface area contributed by atoms with E-state index in [0.717, 1.165) is 11.3 Å². The number of ether oxygens (including phenoxy) is 2. The van der Waals surface area contributed by atoms with E-state index in [1.54, 1.807) is 42.2 Å². The van der Waals surface area contributed by atoms with E-state index >= 15 is 0 Å². The average molecular weight is 629 g/mol. The molecule has 45 heavy (non-hydrogen) atoms. The average Bonchev–Trinajstić information content (AvgIpc) is 3.50. The molecule has 1 fully saturated rings. The fraction of sp³-hybridized carbons (Fsp3) is 0.250. The number of thioether (sulfide) groups is 1. The zero-order valence-corrected chi connectivity index (χ0v) is 25.8. The van der Waals surface area contributed by atoms with E-state index < -0.39 is 4.92 Å². The maximum atomic E-state index is 13.3. The molecule has 0 bridgehead atoms. The Morgan fingerprint density at radius 1 is 1.00 bits per heavy atom. The number of nitro benzene ring substituents is 1. The number of rotatable bonds is 10. The molecule has 0 spiro atoms. The first-order chi connectivity index (χ1) is 21.8. The standard InChI is InChI=1S/C32H32N6O6S/c1-22-20-35(17-18-36(22)29(39)16-9-23-7-10-26(11-8-23)38(41)42)30(40)21-45-32-34-33-31(24-5-4-6-28(19-24)44-3)37(32)25-12-14-27(43-2)15-13-25/h4-16,19,22H,17-18,20-21H2,1-3H3. The molecule has 1 unspecified atom stereocenters. The van der Waals surface area contributed by atoms with Gasteiger partial charge in [0, 0.05) is 55.1 Å². The molecular formula is C32H32N6O6S. The number of hydrogen-bond acceptors (Lipinski definition) is 9. The van der Waals surface area contributed by atoms with Gasteiger partial charge in [0.05, 0.1) is 24.9 Å². The molecule has 1 aliphatic rings. The lowest BCUT2D eigenvalue weighted by atomic mass is 10.1. The molecule has 1 aliphatic heterocycles. The smallest absolute Gasteiger partial charge is 0.269 e. The van der Waals surface area contributed by atoms with Gasteiger partial charge in [-0.1, -0.05) is 23.9 Å². The Morgan fingerprint density at radius 2 is 1.73 bits per heavy atom. The van der Waals surface area contributed by atoms with Crippen molar-refractivity contribution in [3.63, 3.8) is 0 Å². The molecule has 232 valence electrons. The van der Waals surface area contributed by atoms with Gasteiger partial charge in [-0.25, -0.2) is 0 Å². The first-order valence-electron chi connectivity index (χ1n) is 14.2. The predicted octanol–water partition coefficient (Wildman–Crippen LogP) is 4.72. The van der Waals surface area contributed by atoms with Gasteiger partial charge < -0.3 is 19.3 Å². The van der Waals surface area contributed by atoms with Crippen LogP contribution in [0.3, 0.4) is 0 Å². The Kier molecular flexibility index (Phi) is 9.78. The third kappa shape index (κ3) is 7.32. The van der Waals surface area contributed by atoms with Gasteiger partial charge in [0.15, 0.2) is 11.0 Å². The molecule has 0 saturated carbocycles. The van der Waals surface area contributed by atoms with Crippen molar-refractivity contribution in [2.24, 2.45) is 0 Å². The van der Waals surface area contributed by atoms with Crippen molar-refractivity contribution < 1.29 is 24.0 Å². The third-order valence-corrected chi connectivity index (χ3v) is 8.32. The second kappa shape index (κ2) is 14.1. The molecule has 4 aromatic rings. The largest absolute Gasteiger partial charge is 0.497 e. The fourth-order valence-corrected chi connectivity index (χ4v) is 5.83. The monoisotopic (exact) mass is 628 g/mol. The molecule has 0 aliphatic carbocycles. The molecule has 1 aromatic heterocycles. The van der Waals surface area contributed by atoms with Crippen LogP contribution in [0, 0.1) is 10.1 Å². The highest BCUT2D eigenvalue weighted by atomic mass is 32.2. The summed E-state index contributed by atoms with van der Waals surface area (Å²) < 4.78 is 12.6. The molecule has 0 N–H and O–H groups in total. The molecule has 0 radical (unpaired) electrons. The van der Waals surface area contributed by atoms with Crippen LogP contribution in [-0.2, 0) is 9.59 Å². The number of methoxy groups -OCH3 is 2. The number of amides is 2. The molecule has 2 heterocycles. The first kappa shape index (κ1) is 31.3. The number of aromatic nitrogens is 3. The van der Waals surface area contributed by atoms with Gasteiger partial charge in [0.25, 0.3) is 5.69 Å². The highest BCUT2D eigenvalue weighted by Crippen LogP contribution is 2.31. The molecule has 5 rings (SSSR count). The van der Waals surface area contributed by atoms with Gasteiger partial charge in [-0.3, -0.25) is 24.3 Å². The van der Waals surface area contributed by atoms with Crippen molar-refractivity contribution in [1.82, 2.24) is 24.6 Å². The van der Waals surface area contributed by atoms with Gasteiger partial charge in [-0.05, 0) is 67.1 Å². The second-order valence-corrected chi connectivity index (χ2v) is 11.2. The number of carbonyl (C=O) groups excluding carboxylic acids is 2. The highest BCUT2D eigenvalue weighted by Gasteiger charge is 2.29. The van der Waals surface area contributed by atoms with E-state index in [2.05, 4.69) is 10.2 Å². The molecular weight excluding hydrogens is 596 g/mol. The third-order valence-electron chi connectivity index (χ3n) is 7.40. The number of nitrogens with zero attached hydrogens (tertiary/aromatic N) is 6. The SMILES string of the molecule is COc1ccc(-n2c(SCC(=O)N3CCN(C(=O)C=Cc4ccc([N+](=O)[O-])cc4)C(C)C3)nnc2-c2cccc(OC)c2)cc1. The molecule has 1 saturated heterocycles. The fourth-order valence-electron chi connectivity index (χ4n) is 4.98. The van der Waals surface area contributed by atoms with Crippen molar-refractivity contribution in [1.29, 1.82) is 0 Å².